The Morgan fingerprint density at radius 3 is 2.38 bits per heavy atom. The van der Waals surface area contributed by atoms with Crippen LogP contribution in [0.15, 0.2) is 86.6 Å². The number of aromatic carboxylic acids is 1. The van der Waals surface area contributed by atoms with E-state index < -0.39 is 5.97 Å². The van der Waals surface area contributed by atoms with Gasteiger partial charge in [-0.2, -0.15) is 0 Å². The Morgan fingerprint density at radius 2 is 1.72 bits per heavy atom. The molecule has 5 rings (SSSR count). The topological polar surface area (TPSA) is 102 Å². The number of hydrogen-bond acceptors (Lipinski definition) is 8. The van der Waals surface area contributed by atoms with E-state index >= 15 is 0 Å². The molecule has 39 heavy (non-hydrogen) atoms. The number of ketones is 1. The van der Waals surface area contributed by atoms with Gasteiger partial charge in [-0.25, -0.2) is 9.79 Å². The van der Waals surface area contributed by atoms with Crippen molar-refractivity contribution in [1.82, 2.24) is 4.90 Å². The van der Waals surface area contributed by atoms with E-state index in [2.05, 4.69) is 5.32 Å². The fourth-order valence-corrected chi connectivity index (χ4v) is 6.62. The number of fused-ring (bicyclic) bond motifs is 1. The van der Waals surface area contributed by atoms with Gasteiger partial charge in [0.25, 0.3) is 5.91 Å². The summed E-state index contributed by atoms with van der Waals surface area (Å²) in [5.74, 6) is -1.27. The fourth-order valence-electron chi connectivity index (χ4n) is 4.28. The van der Waals surface area contributed by atoms with Crippen LogP contribution in [0.5, 0.6) is 0 Å². The van der Waals surface area contributed by atoms with Crippen molar-refractivity contribution in [3.05, 3.63) is 93.4 Å². The van der Waals surface area contributed by atoms with Gasteiger partial charge in [0.15, 0.2) is 11.0 Å². The Hall–Kier alpha value is -4.02. The van der Waals surface area contributed by atoms with Crippen LogP contribution in [0.25, 0.3) is 0 Å². The summed E-state index contributed by atoms with van der Waals surface area (Å²) in [6.07, 6.45) is 0. The first-order chi connectivity index (χ1) is 18.8. The summed E-state index contributed by atoms with van der Waals surface area (Å²) in [4.78, 5) is 47.5. The molecule has 3 aromatic rings. The van der Waals surface area contributed by atoms with E-state index in [-0.39, 0.29) is 23.8 Å². The van der Waals surface area contributed by atoms with Crippen LogP contribution in [-0.4, -0.2) is 46.4 Å². The van der Waals surface area contributed by atoms with E-state index in [1.54, 1.807) is 40.9 Å². The Balaban J connectivity index is 1.59. The fraction of sp³-hybridized carbons (Fsp3) is 0.172. The second kappa shape index (κ2) is 11.0. The van der Waals surface area contributed by atoms with Gasteiger partial charge >= 0.3 is 5.97 Å². The Bertz CT molecular complexity index is 1550. The third kappa shape index (κ3) is 5.30. The normalized spacial score (nSPS) is 17.6. The molecule has 2 aliphatic rings. The van der Waals surface area contributed by atoms with Gasteiger partial charge in [-0.15, -0.1) is 0 Å². The van der Waals surface area contributed by atoms with Crippen LogP contribution in [0.1, 0.15) is 40.1 Å². The van der Waals surface area contributed by atoms with Gasteiger partial charge < -0.3 is 15.3 Å². The molecule has 0 saturated carbocycles. The highest BCUT2D eigenvalue weighted by atomic mass is 32.2. The monoisotopic (exact) mass is 558 g/mol. The summed E-state index contributed by atoms with van der Waals surface area (Å²) in [5.41, 5.74) is 3.83. The van der Waals surface area contributed by atoms with Crippen LogP contribution < -0.4 is 10.2 Å². The Labute approximate surface area is 234 Å². The third-order valence-corrected chi connectivity index (χ3v) is 8.76. The van der Waals surface area contributed by atoms with Gasteiger partial charge in [-0.05, 0) is 73.6 Å². The number of carbonyl (C=O) groups excluding carboxylic acids is 2. The molecule has 10 heteroatoms. The summed E-state index contributed by atoms with van der Waals surface area (Å²) >= 11 is 2.84. The van der Waals surface area contributed by atoms with Gasteiger partial charge in [0.05, 0.1) is 34.2 Å². The number of amides is 1. The van der Waals surface area contributed by atoms with Crippen LogP contribution in [0, 0.1) is 0 Å². The molecule has 1 fully saturated rings. The standard InChI is InChI=1S/C29H26N4O4S2/c1-4-30-21-14-13-20(17(2)34)15-22(21)31-29-33(16-18-9-11-19(12-10-18)28(36)37)26(35)25(39-29)27-32(3)23-7-5-6-8-24(23)38-27/h5-15,30H,4,16H2,1-3H3,(H,36,37)/b27-25+,31-29?. The predicted octanol–water partition coefficient (Wildman–Crippen LogP) is 6.19. The van der Waals surface area contributed by atoms with Crippen molar-refractivity contribution in [3.8, 4) is 0 Å². The van der Waals surface area contributed by atoms with Crippen LogP contribution in [0.3, 0.4) is 0 Å². The Morgan fingerprint density at radius 1 is 1.00 bits per heavy atom. The second-order valence-electron chi connectivity index (χ2n) is 8.97. The quantitative estimate of drug-likeness (QED) is 0.261. The average Bonchev–Trinajstić information content (AvgIpc) is 3.41. The Kier molecular flexibility index (Phi) is 7.49. The SMILES string of the molecule is CCNc1ccc(C(C)=O)cc1N=C1S/C(=C2/Sc3ccccc3N2C)C(=O)N1Cc1ccc(C(=O)O)cc1. The van der Waals surface area contributed by atoms with Crippen molar-refractivity contribution in [2.24, 2.45) is 4.99 Å². The van der Waals surface area contributed by atoms with E-state index in [1.807, 2.05) is 49.2 Å². The summed E-state index contributed by atoms with van der Waals surface area (Å²) in [7, 11) is 1.94. The lowest BCUT2D eigenvalue weighted by atomic mass is 10.1. The zero-order valence-electron chi connectivity index (χ0n) is 21.6. The number of amidine groups is 1. The number of hydrogen-bond donors (Lipinski definition) is 2. The minimum Gasteiger partial charge on any atom is -0.478 e. The number of Topliss-reactive ketones (excluding diaryl/α,β-unsaturated/α-hetero) is 1. The highest BCUT2D eigenvalue weighted by Crippen LogP contribution is 2.50. The maximum absolute atomic E-state index is 13.9. The lowest BCUT2D eigenvalue weighted by Gasteiger charge is -2.17. The van der Waals surface area contributed by atoms with E-state index in [1.165, 1.54) is 30.8 Å². The van der Waals surface area contributed by atoms with Gasteiger partial charge in [0.2, 0.25) is 0 Å². The van der Waals surface area contributed by atoms with Crippen LogP contribution in [-0.2, 0) is 11.3 Å². The third-order valence-electron chi connectivity index (χ3n) is 6.32. The van der Waals surface area contributed by atoms with Crippen molar-refractivity contribution < 1.29 is 19.5 Å². The molecule has 0 spiro atoms. The molecule has 0 atom stereocenters. The molecule has 2 heterocycles. The van der Waals surface area contributed by atoms with Crippen LogP contribution in [0.4, 0.5) is 17.1 Å². The molecular weight excluding hydrogens is 532 g/mol. The average molecular weight is 559 g/mol. The number of carbonyl (C=O) groups is 3. The number of carboxylic acid groups (broad SMARTS) is 1. The molecule has 3 aromatic carbocycles. The molecule has 1 saturated heterocycles. The zero-order valence-corrected chi connectivity index (χ0v) is 23.2. The number of thioether (sulfide) groups is 2. The number of aliphatic imine (C=N–C) groups is 1. The molecular formula is C29H26N4O4S2. The van der Waals surface area contributed by atoms with Crippen molar-refractivity contribution in [2.75, 3.05) is 23.8 Å². The number of para-hydroxylation sites is 1. The van der Waals surface area contributed by atoms with Crippen molar-refractivity contribution in [2.45, 2.75) is 25.3 Å². The van der Waals surface area contributed by atoms with Gasteiger partial charge in [0, 0.05) is 24.1 Å². The lowest BCUT2D eigenvalue weighted by Crippen LogP contribution is -2.29. The smallest absolute Gasteiger partial charge is 0.335 e. The number of anilines is 2. The summed E-state index contributed by atoms with van der Waals surface area (Å²) in [6.45, 7) is 4.36. The van der Waals surface area contributed by atoms with E-state index in [0.717, 1.165) is 26.9 Å². The molecule has 2 aliphatic heterocycles. The summed E-state index contributed by atoms with van der Waals surface area (Å²) in [6, 6.07) is 19.8. The number of benzene rings is 3. The molecule has 0 bridgehead atoms. The molecule has 0 radical (unpaired) electrons. The molecule has 0 unspecified atom stereocenters. The molecule has 198 valence electrons. The van der Waals surface area contributed by atoms with E-state index in [9.17, 15) is 19.5 Å². The maximum Gasteiger partial charge on any atom is 0.335 e. The number of rotatable bonds is 7. The van der Waals surface area contributed by atoms with E-state index in [0.29, 0.717) is 27.9 Å². The lowest BCUT2D eigenvalue weighted by molar-refractivity contribution is -0.122. The first kappa shape index (κ1) is 26.6. The van der Waals surface area contributed by atoms with Gasteiger partial charge in [-0.1, -0.05) is 36.0 Å². The van der Waals surface area contributed by atoms with Crippen LogP contribution >= 0.6 is 23.5 Å². The van der Waals surface area contributed by atoms with Gasteiger partial charge in [0.1, 0.15) is 4.91 Å². The highest BCUT2D eigenvalue weighted by Gasteiger charge is 2.39. The van der Waals surface area contributed by atoms with Crippen LogP contribution in [0.2, 0.25) is 0 Å². The first-order valence-corrected chi connectivity index (χ1v) is 13.9. The van der Waals surface area contributed by atoms with Gasteiger partial charge in [-0.3, -0.25) is 14.5 Å². The first-order valence-electron chi connectivity index (χ1n) is 12.3. The minimum absolute atomic E-state index is 0.0745. The number of nitrogens with one attached hydrogen (secondary N) is 1. The molecule has 8 nitrogen and oxygen atoms in total. The molecule has 1 amide bonds. The predicted molar refractivity (Wildman–Crippen MR) is 157 cm³/mol. The molecule has 2 N–H and O–H groups in total. The highest BCUT2D eigenvalue weighted by molar-refractivity contribution is 8.19. The molecule has 0 aliphatic carbocycles. The second-order valence-corrected chi connectivity index (χ2v) is 11.0. The van der Waals surface area contributed by atoms with Crippen molar-refractivity contribution >= 4 is 63.4 Å². The van der Waals surface area contributed by atoms with Crippen molar-refractivity contribution in [3.63, 3.8) is 0 Å². The number of carboxylic acids is 1. The number of nitrogens with zero attached hydrogens (tertiary/aromatic N) is 3. The van der Waals surface area contributed by atoms with Crippen molar-refractivity contribution in [1.29, 1.82) is 0 Å². The zero-order chi connectivity index (χ0) is 27.7. The van der Waals surface area contributed by atoms with E-state index in [4.69, 9.17) is 4.99 Å². The summed E-state index contributed by atoms with van der Waals surface area (Å²) < 4.78 is 0. The minimum atomic E-state index is -1.01. The summed E-state index contributed by atoms with van der Waals surface area (Å²) in [5, 5.41) is 13.9. The largest absolute Gasteiger partial charge is 0.478 e. The maximum atomic E-state index is 13.9. The molecule has 0 aromatic heterocycles.